The van der Waals surface area contributed by atoms with Crippen molar-refractivity contribution in [3.63, 3.8) is 0 Å². The third-order valence-corrected chi connectivity index (χ3v) is 3.58. The lowest BCUT2D eigenvalue weighted by Crippen LogP contribution is -2.50. The Hall–Kier alpha value is -1.35. The normalized spacial score (nSPS) is 28.8. The summed E-state index contributed by atoms with van der Waals surface area (Å²) >= 11 is 0. The van der Waals surface area contributed by atoms with Gasteiger partial charge in [-0.3, -0.25) is 10.1 Å². The second-order valence-corrected chi connectivity index (χ2v) is 4.46. The Bertz CT molecular complexity index is 425. The Morgan fingerprint density at radius 3 is 2.80 bits per heavy atom. The number of carbonyl (C=O) groups is 1. The van der Waals surface area contributed by atoms with Crippen LogP contribution < -0.4 is 11.1 Å². The van der Waals surface area contributed by atoms with Gasteiger partial charge in [0.1, 0.15) is 5.54 Å². The lowest BCUT2D eigenvalue weighted by atomic mass is 9.85. The summed E-state index contributed by atoms with van der Waals surface area (Å²) in [6.07, 6.45) is 2.20. The van der Waals surface area contributed by atoms with Crippen LogP contribution >= 0.6 is 0 Å². The van der Waals surface area contributed by atoms with Gasteiger partial charge in [-0.25, -0.2) is 0 Å². The number of amides is 1. The molecule has 1 fully saturated rings. The minimum Gasteiger partial charge on any atom is -0.368 e. The second-order valence-electron chi connectivity index (χ2n) is 4.46. The van der Waals surface area contributed by atoms with Crippen LogP contribution in [0.1, 0.15) is 24.0 Å². The number of fused-ring (bicyclic) bond motifs is 1. The van der Waals surface area contributed by atoms with Crippen molar-refractivity contribution in [3.05, 3.63) is 35.4 Å². The van der Waals surface area contributed by atoms with Crippen LogP contribution in [-0.2, 0) is 16.9 Å². The molecule has 1 aliphatic carbocycles. The largest absolute Gasteiger partial charge is 0.368 e. The van der Waals surface area contributed by atoms with Crippen LogP contribution in [0.3, 0.4) is 0 Å². The maximum absolute atomic E-state index is 11.7. The number of nitrogens with two attached hydrogens (primary N) is 1. The molecule has 1 saturated carbocycles. The monoisotopic (exact) mass is 202 g/mol. The number of primary amides is 1. The first-order chi connectivity index (χ1) is 7.25. The molecule has 1 heterocycles. The highest BCUT2D eigenvalue weighted by atomic mass is 16.1. The van der Waals surface area contributed by atoms with Gasteiger partial charge in [-0.2, -0.15) is 0 Å². The third kappa shape index (κ3) is 1.07. The Morgan fingerprint density at radius 2 is 2.13 bits per heavy atom. The van der Waals surface area contributed by atoms with Crippen molar-refractivity contribution in [2.24, 2.45) is 11.7 Å². The van der Waals surface area contributed by atoms with Crippen molar-refractivity contribution >= 4 is 5.91 Å². The van der Waals surface area contributed by atoms with Crippen molar-refractivity contribution in [2.75, 3.05) is 0 Å². The maximum Gasteiger partial charge on any atom is 0.242 e. The van der Waals surface area contributed by atoms with E-state index in [2.05, 4.69) is 11.4 Å². The molecule has 1 aliphatic heterocycles. The van der Waals surface area contributed by atoms with E-state index < -0.39 is 5.54 Å². The van der Waals surface area contributed by atoms with Crippen molar-refractivity contribution in [1.82, 2.24) is 5.32 Å². The van der Waals surface area contributed by atoms with E-state index in [1.165, 1.54) is 5.56 Å². The van der Waals surface area contributed by atoms with Crippen LogP contribution in [0.2, 0.25) is 0 Å². The van der Waals surface area contributed by atoms with Crippen LogP contribution in [0, 0.1) is 5.92 Å². The average molecular weight is 202 g/mol. The van der Waals surface area contributed by atoms with E-state index in [0.29, 0.717) is 5.92 Å². The quantitative estimate of drug-likeness (QED) is 0.748. The summed E-state index contributed by atoms with van der Waals surface area (Å²) in [4.78, 5) is 11.7. The van der Waals surface area contributed by atoms with Gasteiger partial charge in [-0.1, -0.05) is 24.3 Å². The van der Waals surface area contributed by atoms with E-state index >= 15 is 0 Å². The lowest BCUT2D eigenvalue weighted by Gasteiger charge is -2.27. The van der Waals surface area contributed by atoms with Gasteiger partial charge in [0.05, 0.1) is 0 Å². The van der Waals surface area contributed by atoms with Gasteiger partial charge >= 0.3 is 0 Å². The van der Waals surface area contributed by atoms with Crippen LogP contribution in [0.15, 0.2) is 24.3 Å². The topological polar surface area (TPSA) is 55.1 Å². The predicted octanol–water partition coefficient (Wildman–Crippen LogP) is 0.880. The Balaban J connectivity index is 2.16. The van der Waals surface area contributed by atoms with Crippen LogP contribution in [0.25, 0.3) is 0 Å². The van der Waals surface area contributed by atoms with E-state index in [1.54, 1.807) is 0 Å². The summed E-state index contributed by atoms with van der Waals surface area (Å²) in [6.45, 7) is 0.760. The van der Waals surface area contributed by atoms with E-state index in [-0.39, 0.29) is 5.91 Å². The third-order valence-electron chi connectivity index (χ3n) is 3.58. The molecule has 0 saturated heterocycles. The van der Waals surface area contributed by atoms with Gasteiger partial charge in [0.15, 0.2) is 0 Å². The zero-order valence-corrected chi connectivity index (χ0v) is 8.49. The summed E-state index contributed by atoms with van der Waals surface area (Å²) in [6, 6.07) is 8.07. The summed E-state index contributed by atoms with van der Waals surface area (Å²) in [5.74, 6) is 0.175. The van der Waals surface area contributed by atoms with Gasteiger partial charge in [-0.05, 0) is 29.9 Å². The highest BCUT2D eigenvalue weighted by molar-refractivity contribution is 5.88. The fourth-order valence-electron chi connectivity index (χ4n) is 2.69. The molecule has 15 heavy (non-hydrogen) atoms. The minimum atomic E-state index is -0.573. The SMILES string of the molecule is NC(=O)C1(C2CC2)NCc2ccccc21. The van der Waals surface area contributed by atoms with Crippen molar-refractivity contribution in [3.8, 4) is 0 Å². The van der Waals surface area contributed by atoms with Gasteiger partial charge in [0, 0.05) is 6.54 Å². The first-order valence-corrected chi connectivity index (χ1v) is 5.38. The standard InChI is InChI=1S/C12H14N2O/c13-11(15)12(9-5-6-9)10-4-2-1-3-8(10)7-14-12/h1-4,9,14H,5-7H2,(H2,13,15). The van der Waals surface area contributed by atoms with E-state index in [1.807, 2.05) is 18.2 Å². The van der Waals surface area contributed by atoms with Crippen molar-refractivity contribution in [1.29, 1.82) is 0 Å². The van der Waals surface area contributed by atoms with Gasteiger partial charge in [0.25, 0.3) is 0 Å². The van der Waals surface area contributed by atoms with Gasteiger partial charge < -0.3 is 5.73 Å². The van der Waals surface area contributed by atoms with Crippen LogP contribution in [0.4, 0.5) is 0 Å². The maximum atomic E-state index is 11.7. The number of carbonyl (C=O) groups excluding carboxylic acids is 1. The van der Waals surface area contributed by atoms with Crippen molar-refractivity contribution < 1.29 is 4.79 Å². The molecule has 2 aliphatic rings. The molecule has 1 amide bonds. The van der Waals surface area contributed by atoms with Gasteiger partial charge in [0.2, 0.25) is 5.91 Å². The van der Waals surface area contributed by atoms with Crippen LogP contribution in [0.5, 0.6) is 0 Å². The molecule has 1 aromatic rings. The van der Waals surface area contributed by atoms with Crippen molar-refractivity contribution in [2.45, 2.75) is 24.9 Å². The zero-order valence-electron chi connectivity index (χ0n) is 8.49. The smallest absolute Gasteiger partial charge is 0.242 e. The molecule has 0 aromatic heterocycles. The molecular formula is C12H14N2O. The summed E-state index contributed by atoms with van der Waals surface area (Å²) < 4.78 is 0. The number of hydrogen-bond acceptors (Lipinski definition) is 2. The van der Waals surface area contributed by atoms with Crippen LogP contribution in [-0.4, -0.2) is 5.91 Å². The Morgan fingerprint density at radius 1 is 1.40 bits per heavy atom. The second kappa shape index (κ2) is 2.83. The number of rotatable bonds is 2. The molecule has 3 heteroatoms. The highest BCUT2D eigenvalue weighted by Gasteiger charge is 2.54. The number of benzene rings is 1. The lowest BCUT2D eigenvalue weighted by molar-refractivity contribution is -0.125. The zero-order chi connectivity index (χ0) is 10.5. The molecule has 1 aromatic carbocycles. The molecule has 0 spiro atoms. The minimum absolute atomic E-state index is 0.227. The molecule has 78 valence electrons. The number of nitrogens with one attached hydrogen (secondary N) is 1. The summed E-state index contributed by atoms with van der Waals surface area (Å²) in [5, 5.41) is 3.32. The predicted molar refractivity (Wildman–Crippen MR) is 56.9 cm³/mol. The molecule has 0 bridgehead atoms. The molecule has 3 rings (SSSR count). The first kappa shape index (κ1) is 8.92. The first-order valence-electron chi connectivity index (χ1n) is 5.38. The Kier molecular flexibility index (Phi) is 1.68. The molecule has 1 atom stereocenters. The van der Waals surface area contributed by atoms with E-state index in [4.69, 9.17) is 5.73 Å². The Labute approximate surface area is 88.7 Å². The summed E-state index contributed by atoms with van der Waals surface area (Å²) in [5.41, 5.74) is 7.32. The molecule has 1 unspecified atom stereocenters. The molecule has 3 nitrogen and oxygen atoms in total. The fourth-order valence-corrected chi connectivity index (χ4v) is 2.69. The van der Waals surface area contributed by atoms with E-state index in [0.717, 1.165) is 24.9 Å². The fraction of sp³-hybridized carbons (Fsp3) is 0.417. The molecule has 3 N–H and O–H groups in total. The van der Waals surface area contributed by atoms with E-state index in [9.17, 15) is 4.79 Å². The number of hydrogen-bond donors (Lipinski definition) is 2. The molecular weight excluding hydrogens is 188 g/mol. The average Bonchev–Trinajstić information content (AvgIpc) is 3.00. The summed E-state index contributed by atoms with van der Waals surface area (Å²) in [7, 11) is 0. The van der Waals surface area contributed by atoms with Gasteiger partial charge in [-0.15, -0.1) is 0 Å². The molecule has 0 radical (unpaired) electrons. The highest BCUT2D eigenvalue weighted by Crippen LogP contribution is 2.49.